The monoisotopic (exact) mass is 415 g/mol. The molecule has 1 aliphatic rings. The predicted octanol–water partition coefficient (Wildman–Crippen LogP) is 4.41. The van der Waals surface area contributed by atoms with E-state index in [1.54, 1.807) is 7.05 Å². The first-order valence-corrected chi connectivity index (χ1v) is 10.4. The molecule has 1 fully saturated rings. The molecular formula is C23H30ClN3O2. The van der Waals surface area contributed by atoms with Crippen molar-refractivity contribution in [2.24, 2.45) is 11.3 Å². The van der Waals surface area contributed by atoms with Crippen LogP contribution in [0.4, 0.5) is 11.4 Å². The summed E-state index contributed by atoms with van der Waals surface area (Å²) in [5.74, 6) is 6.03. The largest absolute Gasteiger partial charge is 0.469 e. The van der Waals surface area contributed by atoms with Crippen molar-refractivity contribution in [3.8, 4) is 0 Å². The highest BCUT2D eigenvalue weighted by Crippen LogP contribution is 2.56. The molecule has 1 atom stereocenters. The van der Waals surface area contributed by atoms with E-state index in [1.165, 1.54) is 12.1 Å². The summed E-state index contributed by atoms with van der Waals surface area (Å²) in [5.41, 5.74) is 12.5. The van der Waals surface area contributed by atoms with E-state index < -0.39 is 5.41 Å². The molecule has 1 aliphatic carbocycles. The Morgan fingerprint density at radius 2 is 1.97 bits per heavy atom. The van der Waals surface area contributed by atoms with Gasteiger partial charge in [0.25, 0.3) is 0 Å². The van der Waals surface area contributed by atoms with E-state index >= 15 is 0 Å². The molecule has 0 aromatic heterocycles. The number of hydrogen-bond donors (Lipinski definition) is 2. The lowest BCUT2D eigenvalue weighted by Gasteiger charge is -2.46. The minimum absolute atomic E-state index is 0.161. The van der Waals surface area contributed by atoms with Crippen LogP contribution in [0.25, 0.3) is 0 Å². The number of carbonyl (C=O) groups excluding carboxylic acids is 1. The van der Waals surface area contributed by atoms with Crippen molar-refractivity contribution < 1.29 is 9.53 Å². The second kappa shape index (κ2) is 8.25. The van der Waals surface area contributed by atoms with E-state index in [4.69, 9.17) is 27.9 Å². The molecule has 6 heteroatoms. The maximum Gasteiger partial charge on any atom is 0.312 e. The molecule has 5 nitrogen and oxygen atoms in total. The second-order valence-corrected chi connectivity index (χ2v) is 8.34. The van der Waals surface area contributed by atoms with Gasteiger partial charge in [-0.25, -0.2) is 5.84 Å². The summed E-state index contributed by atoms with van der Waals surface area (Å²) in [6, 6.07) is 10.2. The zero-order chi connectivity index (χ0) is 21.3. The van der Waals surface area contributed by atoms with Crippen LogP contribution in [0.2, 0.25) is 0 Å². The molecule has 2 aromatic rings. The molecule has 1 saturated carbocycles. The molecule has 29 heavy (non-hydrogen) atoms. The van der Waals surface area contributed by atoms with Crippen molar-refractivity contribution >= 4 is 28.9 Å². The van der Waals surface area contributed by atoms with Gasteiger partial charge in [-0.15, -0.1) is 11.6 Å². The lowest BCUT2D eigenvalue weighted by molar-refractivity contribution is -0.159. The highest BCUT2D eigenvalue weighted by Gasteiger charge is 2.53. The summed E-state index contributed by atoms with van der Waals surface area (Å²) in [7, 11) is 3.23. The Hall–Kier alpha value is -2.24. The Kier molecular flexibility index (Phi) is 6.11. The number of nitrogen functional groups attached to an aromatic ring is 1. The van der Waals surface area contributed by atoms with Crippen LogP contribution in [0.15, 0.2) is 30.3 Å². The Morgan fingerprint density at radius 1 is 1.28 bits per heavy atom. The second-order valence-electron chi connectivity index (χ2n) is 8.08. The summed E-state index contributed by atoms with van der Waals surface area (Å²) in [6.45, 7) is 4.04. The normalized spacial score (nSPS) is 16.1. The first-order valence-electron chi connectivity index (χ1n) is 9.88. The molecular weight excluding hydrogens is 386 g/mol. The molecule has 2 aromatic carbocycles. The number of anilines is 2. The number of methoxy groups -OCH3 is 1. The summed E-state index contributed by atoms with van der Waals surface area (Å²) >= 11 is 6.19. The molecule has 0 heterocycles. The highest BCUT2D eigenvalue weighted by atomic mass is 35.5. The standard InChI is InChI=1S/C23H30ClN3O2/c1-14-6-7-16(12-17(14)13-24)20(23(10-5-11-23)22(28)29-4)18-8-9-19(27(3)26)21(25)15(18)2/h6-9,12,20H,5,10-11,13,25-26H2,1-4H3. The number of rotatable bonds is 6. The van der Waals surface area contributed by atoms with Gasteiger partial charge in [0.1, 0.15) is 0 Å². The predicted molar refractivity (Wildman–Crippen MR) is 119 cm³/mol. The van der Waals surface area contributed by atoms with E-state index in [2.05, 4.69) is 18.2 Å². The molecule has 0 bridgehead atoms. The minimum atomic E-state index is -0.596. The fourth-order valence-corrected chi connectivity index (χ4v) is 4.82. The fourth-order valence-electron chi connectivity index (χ4n) is 4.53. The van der Waals surface area contributed by atoms with Crippen LogP contribution in [0.5, 0.6) is 0 Å². The number of aryl methyl sites for hydroxylation is 1. The molecule has 1 unspecified atom stereocenters. The van der Waals surface area contributed by atoms with Gasteiger partial charge in [-0.05, 0) is 60.6 Å². The summed E-state index contributed by atoms with van der Waals surface area (Å²) in [5, 5.41) is 1.51. The van der Waals surface area contributed by atoms with Gasteiger partial charge < -0.3 is 15.5 Å². The van der Waals surface area contributed by atoms with Gasteiger partial charge in [-0.2, -0.15) is 0 Å². The van der Waals surface area contributed by atoms with Gasteiger partial charge >= 0.3 is 5.97 Å². The van der Waals surface area contributed by atoms with Crippen LogP contribution >= 0.6 is 11.6 Å². The lowest BCUT2D eigenvalue weighted by Crippen LogP contribution is -2.45. The number of halogens is 1. The Morgan fingerprint density at radius 3 is 2.48 bits per heavy atom. The molecule has 0 aliphatic heterocycles. The Labute approximate surface area is 177 Å². The smallest absolute Gasteiger partial charge is 0.312 e. The number of hydrogen-bond acceptors (Lipinski definition) is 5. The zero-order valence-corrected chi connectivity index (χ0v) is 18.3. The van der Waals surface area contributed by atoms with Crippen LogP contribution in [0, 0.1) is 19.3 Å². The minimum Gasteiger partial charge on any atom is -0.469 e. The fraction of sp³-hybridized carbons (Fsp3) is 0.435. The molecule has 0 spiro atoms. The number of nitrogens with two attached hydrogens (primary N) is 2. The van der Waals surface area contributed by atoms with Crippen molar-refractivity contribution in [1.82, 2.24) is 0 Å². The number of hydrazine groups is 1. The SMILES string of the molecule is COC(=O)C1(C(c2ccc(C)c(CCl)c2)c2ccc(N(C)N)c(N)c2C)CCC1. The first kappa shape index (κ1) is 21.5. The summed E-state index contributed by atoms with van der Waals surface area (Å²) in [4.78, 5) is 13.0. The van der Waals surface area contributed by atoms with Gasteiger partial charge in [0.15, 0.2) is 0 Å². The van der Waals surface area contributed by atoms with E-state index in [0.29, 0.717) is 11.6 Å². The third kappa shape index (κ3) is 3.58. The van der Waals surface area contributed by atoms with Crippen molar-refractivity contribution in [3.63, 3.8) is 0 Å². The number of ether oxygens (including phenoxy) is 1. The summed E-state index contributed by atoms with van der Waals surface area (Å²) < 4.78 is 5.27. The summed E-state index contributed by atoms with van der Waals surface area (Å²) in [6.07, 6.45) is 2.57. The average Bonchev–Trinajstić information content (AvgIpc) is 2.67. The van der Waals surface area contributed by atoms with Crippen molar-refractivity contribution in [3.05, 3.63) is 58.1 Å². The molecule has 0 radical (unpaired) electrons. The highest BCUT2D eigenvalue weighted by molar-refractivity contribution is 6.17. The van der Waals surface area contributed by atoms with E-state index in [9.17, 15) is 4.79 Å². The number of nitrogens with zero attached hydrogens (tertiary/aromatic N) is 1. The van der Waals surface area contributed by atoms with Gasteiger partial charge in [0.2, 0.25) is 0 Å². The molecule has 0 saturated heterocycles. The van der Waals surface area contributed by atoms with Crippen LogP contribution in [0.1, 0.15) is 53.0 Å². The van der Waals surface area contributed by atoms with Gasteiger partial charge in [0.05, 0.1) is 23.9 Å². The molecule has 0 amide bonds. The third-order valence-electron chi connectivity index (χ3n) is 6.47. The quantitative estimate of drug-likeness (QED) is 0.240. The topological polar surface area (TPSA) is 81.6 Å². The van der Waals surface area contributed by atoms with E-state index in [1.807, 2.05) is 26.0 Å². The van der Waals surface area contributed by atoms with Crippen molar-refractivity contribution in [2.45, 2.75) is 44.9 Å². The number of alkyl halides is 1. The molecule has 3 rings (SSSR count). The first-order chi connectivity index (χ1) is 13.8. The Bertz CT molecular complexity index is 923. The number of benzene rings is 2. The van der Waals surface area contributed by atoms with Gasteiger partial charge in [0, 0.05) is 18.8 Å². The molecule has 156 valence electrons. The Balaban J connectivity index is 2.25. The zero-order valence-electron chi connectivity index (χ0n) is 17.6. The van der Waals surface area contributed by atoms with Gasteiger partial charge in [-0.3, -0.25) is 4.79 Å². The third-order valence-corrected chi connectivity index (χ3v) is 6.75. The van der Waals surface area contributed by atoms with Gasteiger partial charge in [-0.1, -0.05) is 30.7 Å². The maximum absolute atomic E-state index is 13.0. The van der Waals surface area contributed by atoms with Crippen LogP contribution in [-0.4, -0.2) is 20.1 Å². The lowest BCUT2D eigenvalue weighted by atomic mass is 9.57. The number of esters is 1. The molecule has 4 N–H and O–H groups in total. The number of carbonyl (C=O) groups is 1. The van der Waals surface area contributed by atoms with Crippen LogP contribution < -0.4 is 16.6 Å². The van der Waals surface area contributed by atoms with Crippen LogP contribution in [-0.2, 0) is 15.4 Å². The van der Waals surface area contributed by atoms with Crippen LogP contribution in [0.3, 0.4) is 0 Å². The van der Waals surface area contributed by atoms with E-state index in [0.717, 1.165) is 52.8 Å². The average molecular weight is 416 g/mol. The van der Waals surface area contributed by atoms with Crippen molar-refractivity contribution in [2.75, 3.05) is 24.9 Å². The maximum atomic E-state index is 13.0. The van der Waals surface area contributed by atoms with Crippen molar-refractivity contribution in [1.29, 1.82) is 0 Å². The van der Waals surface area contributed by atoms with E-state index in [-0.39, 0.29) is 11.9 Å².